The molecule has 0 radical (unpaired) electrons. The van der Waals surface area contributed by atoms with E-state index in [9.17, 15) is 15.0 Å². The molecule has 9 nitrogen and oxygen atoms in total. The first-order chi connectivity index (χ1) is 20.6. The average molecular weight is 607 g/mol. The van der Waals surface area contributed by atoms with E-state index in [0.717, 1.165) is 112 Å². The SMILES string of the molecule is CC(C)(C)[C@H]1CCc2nc3sc(C(=O)NC(CCN4CCC(O)CC4)c4ccc(N5CCC(O)CC5)nc4)nc3cc2C1. The van der Waals surface area contributed by atoms with E-state index in [0.29, 0.717) is 10.9 Å². The van der Waals surface area contributed by atoms with E-state index in [4.69, 9.17) is 15.0 Å². The van der Waals surface area contributed by atoms with Crippen molar-refractivity contribution in [2.75, 3.05) is 37.6 Å². The standard InChI is InChI=1S/C33H46N6O3S/c1-33(2,3)23-5-6-26-22(18-23)19-28-31(36-26)43-32(37-28)30(42)35-27(12-15-38-13-8-24(40)9-14-38)21-4-7-29(34-20-21)39-16-10-25(41)11-17-39/h4,7,19-20,23-25,27,40-41H,5-6,8-18H2,1-3H3,(H,35,42)/t23-,27?/m0/s1. The zero-order valence-electron chi connectivity index (χ0n) is 25.8. The molecule has 0 spiro atoms. The van der Waals surface area contributed by atoms with Gasteiger partial charge in [0, 0.05) is 44.6 Å². The van der Waals surface area contributed by atoms with Crippen LogP contribution in [0.4, 0.5) is 5.82 Å². The first-order valence-corrected chi connectivity index (χ1v) is 16.8. The van der Waals surface area contributed by atoms with Gasteiger partial charge in [-0.05, 0) is 86.0 Å². The van der Waals surface area contributed by atoms with Crippen LogP contribution in [0.1, 0.15) is 92.0 Å². The fourth-order valence-corrected chi connectivity index (χ4v) is 7.57. The monoisotopic (exact) mass is 606 g/mol. The van der Waals surface area contributed by atoms with E-state index in [1.54, 1.807) is 0 Å². The number of carbonyl (C=O) groups excluding carboxylic acids is 1. The highest BCUT2D eigenvalue weighted by Crippen LogP contribution is 2.38. The van der Waals surface area contributed by atoms with Crippen LogP contribution in [0.2, 0.25) is 0 Å². The maximum atomic E-state index is 13.7. The van der Waals surface area contributed by atoms with Crippen LogP contribution in [0, 0.1) is 11.3 Å². The van der Waals surface area contributed by atoms with E-state index in [-0.39, 0.29) is 29.6 Å². The molecule has 0 aromatic carbocycles. The van der Waals surface area contributed by atoms with Crippen LogP contribution in [0.5, 0.6) is 0 Å². The zero-order valence-corrected chi connectivity index (χ0v) is 26.6. The summed E-state index contributed by atoms with van der Waals surface area (Å²) in [5.74, 6) is 1.34. The van der Waals surface area contributed by atoms with Crippen molar-refractivity contribution in [3.8, 4) is 0 Å². The highest BCUT2D eigenvalue weighted by atomic mass is 32.1. The average Bonchev–Trinajstić information content (AvgIpc) is 3.41. The third-order valence-corrected chi connectivity index (χ3v) is 10.7. The maximum absolute atomic E-state index is 13.7. The van der Waals surface area contributed by atoms with Gasteiger partial charge in [-0.15, -0.1) is 0 Å². The quantitative estimate of drug-likeness (QED) is 0.360. The molecule has 10 heteroatoms. The Hall–Kier alpha value is -2.66. The number of hydrogen-bond acceptors (Lipinski definition) is 9. The number of aromatic nitrogens is 3. The molecule has 43 heavy (non-hydrogen) atoms. The Morgan fingerprint density at radius 1 is 1.05 bits per heavy atom. The summed E-state index contributed by atoms with van der Waals surface area (Å²) >= 11 is 1.37. The largest absolute Gasteiger partial charge is 0.393 e. The number of carbonyl (C=O) groups is 1. The molecule has 3 N–H and O–H groups in total. The highest BCUT2D eigenvalue weighted by molar-refractivity contribution is 7.19. The van der Waals surface area contributed by atoms with Gasteiger partial charge in [-0.3, -0.25) is 4.79 Å². The van der Waals surface area contributed by atoms with Crippen LogP contribution in [0.15, 0.2) is 24.4 Å². The number of aliphatic hydroxyl groups excluding tert-OH is 2. The van der Waals surface area contributed by atoms with Crippen LogP contribution < -0.4 is 10.2 Å². The van der Waals surface area contributed by atoms with Gasteiger partial charge in [-0.25, -0.2) is 15.0 Å². The number of hydrogen-bond donors (Lipinski definition) is 3. The molecular weight excluding hydrogens is 560 g/mol. The van der Waals surface area contributed by atoms with Gasteiger partial charge < -0.3 is 25.3 Å². The number of likely N-dealkylation sites (tertiary alicyclic amines) is 1. The van der Waals surface area contributed by atoms with Crippen molar-refractivity contribution in [1.29, 1.82) is 0 Å². The second kappa shape index (κ2) is 12.8. The predicted octanol–water partition coefficient (Wildman–Crippen LogP) is 4.52. The van der Waals surface area contributed by atoms with Crippen molar-refractivity contribution in [2.45, 2.75) is 90.4 Å². The van der Waals surface area contributed by atoms with Gasteiger partial charge in [0.25, 0.3) is 5.91 Å². The molecule has 3 aliphatic rings. The Balaban J connectivity index is 1.19. The molecule has 232 valence electrons. The number of pyridine rings is 2. The molecule has 1 aliphatic carbocycles. The molecule has 6 rings (SSSR count). The number of aryl methyl sites for hydroxylation is 1. The number of aliphatic hydroxyl groups is 2. The number of anilines is 1. The van der Waals surface area contributed by atoms with Gasteiger partial charge in [0.05, 0.1) is 18.2 Å². The van der Waals surface area contributed by atoms with Gasteiger partial charge >= 0.3 is 0 Å². The van der Waals surface area contributed by atoms with Crippen molar-refractivity contribution in [3.63, 3.8) is 0 Å². The molecule has 3 aromatic heterocycles. The van der Waals surface area contributed by atoms with Gasteiger partial charge in [0.1, 0.15) is 16.2 Å². The lowest BCUT2D eigenvalue weighted by atomic mass is 9.71. The Morgan fingerprint density at radius 3 is 2.44 bits per heavy atom. The van der Waals surface area contributed by atoms with Gasteiger partial charge in [-0.2, -0.15) is 0 Å². The van der Waals surface area contributed by atoms with Crippen molar-refractivity contribution in [3.05, 3.63) is 46.2 Å². The third kappa shape index (κ3) is 7.19. The van der Waals surface area contributed by atoms with Gasteiger partial charge in [-0.1, -0.05) is 38.2 Å². The molecule has 3 aromatic rings. The number of piperidine rings is 2. The van der Waals surface area contributed by atoms with Crippen LogP contribution in [-0.2, 0) is 12.8 Å². The van der Waals surface area contributed by atoms with E-state index in [1.807, 2.05) is 12.3 Å². The second-order valence-corrected chi connectivity index (χ2v) is 14.8. The van der Waals surface area contributed by atoms with Crippen LogP contribution in [-0.4, -0.2) is 80.9 Å². The molecule has 2 atom stereocenters. The molecule has 2 aliphatic heterocycles. The topological polar surface area (TPSA) is 115 Å². The van der Waals surface area contributed by atoms with Crippen LogP contribution in [0.3, 0.4) is 0 Å². The minimum Gasteiger partial charge on any atom is -0.393 e. The first kappa shape index (κ1) is 30.4. The molecule has 0 saturated carbocycles. The lowest BCUT2D eigenvalue weighted by molar-refractivity contribution is 0.0795. The Labute approximate surface area is 258 Å². The molecular formula is C33H46N6O3S. The number of thiazole rings is 1. The molecule has 0 bridgehead atoms. The minimum atomic E-state index is -0.227. The molecule has 5 heterocycles. The summed E-state index contributed by atoms with van der Waals surface area (Å²) < 4.78 is 0. The fraction of sp³-hybridized carbons (Fsp3) is 0.636. The Bertz CT molecular complexity index is 1400. The number of nitrogens with zero attached hydrogens (tertiary/aromatic N) is 5. The maximum Gasteiger partial charge on any atom is 0.280 e. The van der Waals surface area contributed by atoms with E-state index >= 15 is 0 Å². The van der Waals surface area contributed by atoms with Gasteiger partial charge in [0.2, 0.25) is 0 Å². The molecule has 2 saturated heterocycles. The first-order valence-electron chi connectivity index (χ1n) is 16.0. The third-order valence-electron chi connectivity index (χ3n) is 9.73. The second-order valence-electron chi connectivity index (χ2n) is 13.8. The van der Waals surface area contributed by atoms with Gasteiger partial charge in [0.15, 0.2) is 5.01 Å². The molecule has 1 amide bonds. The Kier molecular flexibility index (Phi) is 9.01. The van der Waals surface area contributed by atoms with E-state index < -0.39 is 0 Å². The normalized spacial score (nSPS) is 21.6. The summed E-state index contributed by atoms with van der Waals surface area (Å²) in [6.45, 7) is 11.1. The van der Waals surface area contributed by atoms with Crippen molar-refractivity contribution in [2.24, 2.45) is 11.3 Å². The fourth-order valence-electron chi connectivity index (χ4n) is 6.73. The van der Waals surface area contributed by atoms with Crippen molar-refractivity contribution < 1.29 is 15.0 Å². The van der Waals surface area contributed by atoms with E-state index in [1.165, 1.54) is 16.9 Å². The van der Waals surface area contributed by atoms with Crippen molar-refractivity contribution in [1.82, 2.24) is 25.2 Å². The highest BCUT2D eigenvalue weighted by Gasteiger charge is 2.30. The smallest absolute Gasteiger partial charge is 0.280 e. The summed E-state index contributed by atoms with van der Waals surface area (Å²) in [6.07, 6.45) is 8.40. The van der Waals surface area contributed by atoms with Crippen LogP contribution in [0.25, 0.3) is 10.3 Å². The zero-order chi connectivity index (χ0) is 30.1. The molecule has 1 unspecified atom stereocenters. The van der Waals surface area contributed by atoms with Crippen LogP contribution >= 0.6 is 11.3 Å². The lowest BCUT2D eigenvalue weighted by Crippen LogP contribution is -2.38. The van der Waals surface area contributed by atoms with Crippen molar-refractivity contribution >= 4 is 33.4 Å². The predicted molar refractivity (Wildman–Crippen MR) is 171 cm³/mol. The minimum absolute atomic E-state index is 0.179. The number of fused-ring (bicyclic) bond motifs is 2. The number of amides is 1. The number of nitrogens with one attached hydrogen (secondary N) is 1. The lowest BCUT2D eigenvalue weighted by Gasteiger charge is -2.34. The molecule has 2 fully saturated rings. The summed E-state index contributed by atoms with van der Waals surface area (Å²) in [5, 5.41) is 23.5. The Morgan fingerprint density at radius 2 is 1.77 bits per heavy atom. The summed E-state index contributed by atoms with van der Waals surface area (Å²) in [7, 11) is 0. The summed E-state index contributed by atoms with van der Waals surface area (Å²) in [6, 6.07) is 6.04. The summed E-state index contributed by atoms with van der Waals surface area (Å²) in [4.78, 5) is 33.5. The van der Waals surface area contributed by atoms with E-state index in [2.05, 4.69) is 48.0 Å². The summed E-state index contributed by atoms with van der Waals surface area (Å²) in [5.41, 5.74) is 4.46. The number of rotatable bonds is 7.